The highest BCUT2D eigenvalue weighted by molar-refractivity contribution is 6.52. The van der Waals surface area contributed by atoms with Gasteiger partial charge in [-0.3, -0.25) is 14.5 Å². The van der Waals surface area contributed by atoms with Gasteiger partial charge in [-0.25, -0.2) is 0 Å². The molecule has 2 aromatic carbocycles. The number of anilines is 2. The Morgan fingerprint density at radius 2 is 1.75 bits per heavy atom. The number of carbonyl (C=O) groups is 2. The average Bonchev–Trinajstić information content (AvgIpc) is 2.93. The van der Waals surface area contributed by atoms with Gasteiger partial charge in [-0.05, 0) is 31.2 Å². The SMILES string of the molecule is Cc1ccc2c(c1)C(=O)C(=O)N2C[NH+](C)Cc1ccc(N2CCOCC2)cc1. The number of amides is 1. The van der Waals surface area contributed by atoms with Crippen LogP contribution in [-0.4, -0.2) is 51.7 Å². The maximum atomic E-state index is 12.4. The first kappa shape index (κ1) is 18.7. The second-order valence-electron chi connectivity index (χ2n) is 7.64. The van der Waals surface area contributed by atoms with E-state index in [1.807, 2.05) is 26.1 Å². The number of hydrogen-bond donors (Lipinski definition) is 1. The fourth-order valence-electron chi connectivity index (χ4n) is 3.89. The van der Waals surface area contributed by atoms with E-state index in [1.54, 1.807) is 11.0 Å². The molecule has 2 aliphatic heterocycles. The van der Waals surface area contributed by atoms with Gasteiger partial charge in [0.05, 0.1) is 31.5 Å². The molecule has 0 aliphatic carbocycles. The van der Waals surface area contributed by atoms with E-state index in [1.165, 1.54) is 11.3 Å². The predicted molar refractivity (Wildman–Crippen MR) is 108 cm³/mol. The third-order valence-electron chi connectivity index (χ3n) is 5.37. The smallest absolute Gasteiger partial charge is 0.303 e. The summed E-state index contributed by atoms with van der Waals surface area (Å²) < 4.78 is 5.41. The summed E-state index contributed by atoms with van der Waals surface area (Å²) in [4.78, 5) is 29.8. The number of aryl methyl sites for hydroxylation is 1. The number of nitrogens with zero attached hydrogens (tertiary/aromatic N) is 2. The quantitative estimate of drug-likeness (QED) is 0.788. The molecule has 0 aromatic heterocycles. The number of quaternary nitrogens is 1. The minimum atomic E-state index is -0.428. The highest BCUT2D eigenvalue weighted by Crippen LogP contribution is 2.28. The van der Waals surface area contributed by atoms with Crippen LogP contribution in [0.1, 0.15) is 21.5 Å². The summed E-state index contributed by atoms with van der Waals surface area (Å²) in [6, 6.07) is 14.2. The predicted octanol–water partition coefficient (Wildman–Crippen LogP) is 1.03. The molecule has 1 unspecified atom stereocenters. The zero-order valence-electron chi connectivity index (χ0n) is 16.4. The van der Waals surface area contributed by atoms with Gasteiger partial charge in [-0.1, -0.05) is 23.8 Å². The van der Waals surface area contributed by atoms with Crippen molar-refractivity contribution in [3.63, 3.8) is 0 Å². The molecule has 146 valence electrons. The van der Waals surface area contributed by atoms with Crippen molar-refractivity contribution in [2.75, 3.05) is 49.8 Å². The molecule has 6 heteroatoms. The van der Waals surface area contributed by atoms with Gasteiger partial charge in [0.1, 0.15) is 6.54 Å². The van der Waals surface area contributed by atoms with Crippen LogP contribution in [0.2, 0.25) is 0 Å². The zero-order chi connectivity index (χ0) is 19.7. The molecule has 1 amide bonds. The number of morpholine rings is 1. The third kappa shape index (κ3) is 3.66. The van der Waals surface area contributed by atoms with E-state index >= 15 is 0 Å². The van der Waals surface area contributed by atoms with Crippen LogP contribution in [0.15, 0.2) is 42.5 Å². The molecule has 28 heavy (non-hydrogen) atoms. The number of ketones is 1. The van der Waals surface area contributed by atoms with Crippen LogP contribution in [0.4, 0.5) is 11.4 Å². The minimum absolute atomic E-state index is 0.402. The molecule has 2 aromatic rings. The van der Waals surface area contributed by atoms with Crippen molar-refractivity contribution in [3.05, 3.63) is 59.2 Å². The lowest BCUT2D eigenvalue weighted by Crippen LogP contribution is -3.09. The van der Waals surface area contributed by atoms with Gasteiger partial charge in [0.15, 0.2) is 6.67 Å². The number of ether oxygens (including phenoxy) is 1. The Hall–Kier alpha value is -2.70. The van der Waals surface area contributed by atoms with E-state index in [2.05, 4.69) is 29.2 Å². The maximum absolute atomic E-state index is 12.4. The van der Waals surface area contributed by atoms with Crippen molar-refractivity contribution < 1.29 is 19.2 Å². The molecular weight excluding hydrogens is 354 g/mol. The Morgan fingerprint density at radius 3 is 2.46 bits per heavy atom. The van der Waals surface area contributed by atoms with Gasteiger partial charge in [-0.2, -0.15) is 0 Å². The van der Waals surface area contributed by atoms with Crippen molar-refractivity contribution in [1.29, 1.82) is 0 Å². The number of fused-ring (bicyclic) bond motifs is 1. The molecule has 1 saturated heterocycles. The van der Waals surface area contributed by atoms with Crippen molar-refractivity contribution in [2.45, 2.75) is 13.5 Å². The summed E-state index contributed by atoms with van der Waals surface area (Å²) in [7, 11) is 2.04. The summed E-state index contributed by atoms with van der Waals surface area (Å²) in [6.45, 7) is 6.58. The maximum Gasteiger partial charge on any atom is 0.303 e. The number of rotatable bonds is 5. The molecule has 1 fully saturated rings. The molecule has 2 aliphatic rings. The largest absolute Gasteiger partial charge is 0.378 e. The number of benzene rings is 2. The average molecular weight is 380 g/mol. The van der Waals surface area contributed by atoms with Gasteiger partial charge in [0, 0.05) is 24.3 Å². The summed E-state index contributed by atoms with van der Waals surface area (Å²) >= 11 is 0. The molecule has 0 radical (unpaired) electrons. The number of Topliss-reactive ketones (excluding diaryl/α,β-unsaturated/α-hetero) is 1. The van der Waals surface area contributed by atoms with Gasteiger partial charge in [0.2, 0.25) is 0 Å². The third-order valence-corrected chi connectivity index (χ3v) is 5.37. The minimum Gasteiger partial charge on any atom is -0.378 e. The molecule has 0 spiro atoms. The Morgan fingerprint density at radius 1 is 1.04 bits per heavy atom. The Kier molecular flexibility index (Phi) is 5.15. The molecule has 0 saturated carbocycles. The van der Waals surface area contributed by atoms with Crippen LogP contribution >= 0.6 is 0 Å². The molecule has 6 nitrogen and oxygen atoms in total. The van der Waals surface area contributed by atoms with E-state index in [9.17, 15) is 9.59 Å². The summed E-state index contributed by atoms with van der Waals surface area (Å²) in [5, 5.41) is 0. The van der Waals surface area contributed by atoms with Crippen molar-refractivity contribution in [3.8, 4) is 0 Å². The van der Waals surface area contributed by atoms with Gasteiger partial charge >= 0.3 is 5.91 Å². The number of nitrogens with one attached hydrogen (secondary N) is 1. The van der Waals surface area contributed by atoms with Crippen LogP contribution in [0, 0.1) is 6.92 Å². The molecule has 1 N–H and O–H groups in total. The fraction of sp³-hybridized carbons (Fsp3) is 0.364. The van der Waals surface area contributed by atoms with Crippen LogP contribution in [0.5, 0.6) is 0 Å². The van der Waals surface area contributed by atoms with Gasteiger partial charge < -0.3 is 14.5 Å². The first-order valence-electron chi connectivity index (χ1n) is 9.73. The summed E-state index contributed by atoms with van der Waals surface area (Å²) in [6.07, 6.45) is 0. The van der Waals surface area contributed by atoms with Crippen molar-refractivity contribution in [2.24, 2.45) is 0 Å². The molecular formula is C22H26N3O3+. The highest BCUT2D eigenvalue weighted by Gasteiger charge is 2.37. The standard InChI is InChI=1S/C22H25N3O3/c1-16-3-8-20-19(13-16)21(26)22(27)25(20)15-23(2)14-17-4-6-18(7-5-17)24-9-11-28-12-10-24/h3-8,13H,9-12,14-15H2,1-2H3/p+1. The molecule has 0 bridgehead atoms. The van der Waals surface area contributed by atoms with E-state index in [4.69, 9.17) is 4.74 Å². The summed E-state index contributed by atoms with van der Waals surface area (Å²) in [5.41, 5.74) is 4.66. The lowest BCUT2D eigenvalue weighted by molar-refractivity contribution is -0.892. The first-order valence-corrected chi connectivity index (χ1v) is 9.73. The van der Waals surface area contributed by atoms with Gasteiger partial charge in [-0.15, -0.1) is 0 Å². The monoisotopic (exact) mass is 380 g/mol. The lowest BCUT2D eigenvalue weighted by atomic mass is 10.1. The topological polar surface area (TPSA) is 54.3 Å². The van der Waals surface area contributed by atoms with Gasteiger partial charge in [0.25, 0.3) is 5.78 Å². The van der Waals surface area contributed by atoms with Crippen LogP contribution < -0.4 is 14.7 Å². The highest BCUT2D eigenvalue weighted by atomic mass is 16.5. The Bertz CT molecular complexity index is 888. The Labute approximate surface area is 165 Å². The molecule has 1 atom stereocenters. The second-order valence-corrected chi connectivity index (χ2v) is 7.64. The number of carbonyl (C=O) groups excluding carboxylic acids is 2. The zero-order valence-corrected chi connectivity index (χ0v) is 16.4. The van der Waals surface area contributed by atoms with E-state index in [0.29, 0.717) is 12.2 Å². The van der Waals surface area contributed by atoms with Crippen molar-refractivity contribution >= 4 is 23.1 Å². The van der Waals surface area contributed by atoms with Crippen molar-refractivity contribution in [1.82, 2.24) is 0 Å². The Balaban J connectivity index is 1.41. The van der Waals surface area contributed by atoms with Crippen LogP contribution in [0.25, 0.3) is 0 Å². The van der Waals surface area contributed by atoms with Crippen LogP contribution in [-0.2, 0) is 16.1 Å². The molecule has 4 rings (SSSR count). The van der Waals surface area contributed by atoms with E-state index in [0.717, 1.165) is 49.0 Å². The second kappa shape index (κ2) is 7.73. The summed E-state index contributed by atoms with van der Waals surface area (Å²) in [5.74, 6) is -0.830. The number of hydrogen-bond acceptors (Lipinski definition) is 4. The van der Waals surface area contributed by atoms with E-state index in [-0.39, 0.29) is 0 Å². The first-order chi connectivity index (χ1) is 13.5. The lowest BCUT2D eigenvalue weighted by Gasteiger charge is -2.29. The fourth-order valence-corrected chi connectivity index (χ4v) is 3.89. The van der Waals surface area contributed by atoms with Crippen LogP contribution in [0.3, 0.4) is 0 Å². The van der Waals surface area contributed by atoms with E-state index < -0.39 is 11.7 Å². The normalized spacial score (nSPS) is 17.8. The molecule has 2 heterocycles.